The van der Waals surface area contributed by atoms with Gasteiger partial charge in [0.2, 0.25) is 0 Å². The van der Waals surface area contributed by atoms with Gasteiger partial charge in [0.25, 0.3) is 0 Å². The van der Waals surface area contributed by atoms with Crippen LogP contribution in [0.25, 0.3) is 5.57 Å². The van der Waals surface area contributed by atoms with Gasteiger partial charge in [0.05, 0.1) is 12.2 Å². The third kappa shape index (κ3) is 2.78. The number of aliphatic imine (C=N–C) groups is 1. The Morgan fingerprint density at radius 3 is 3.06 bits per heavy atom. The predicted octanol–water partition coefficient (Wildman–Crippen LogP) is 2.12. The molecule has 0 spiro atoms. The molecule has 0 N–H and O–H groups in total. The van der Waals surface area contributed by atoms with Crippen LogP contribution in [0, 0.1) is 0 Å². The number of ether oxygens (including phenoxy) is 1. The molecule has 1 aliphatic rings. The minimum Gasteiger partial charge on any atom is -0.462 e. The highest BCUT2D eigenvalue weighted by atomic mass is 16.5. The number of pyridine rings is 1. The minimum absolute atomic E-state index is 0.338. The Morgan fingerprint density at radius 1 is 1.47 bits per heavy atom. The first-order valence-electron chi connectivity index (χ1n) is 5.64. The number of aromatic nitrogens is 1. The van der Waals surface area contributed by atoms with Crippen LogP contribution in [-0.2, 0) is 4.74 Å². The Balaban J connectivity index is 2.25. The van der Waals surface area contributed by atoms with Crippen molar-refractivity contribution in [1.82, 2.24) is 4.98 Å². The molecule has 0 saturated carbocycles. The van der Waals surface area contributed by atoms with Crippen molar-refractivity contribution in [2.45, 2.75) is 13.3 Å². The number of nitrogens with zero attached hydrogens (tertiary/aromatic N) is 2. The first-order valence-corrected chi connectivity index (χ1v) is 5.64. The zero-order chi connectivity index (χ0) is 12.1. The van der Waals surface area contributed by atoms with Crippen LogP contribution in [0.15, 0.2) is 29.5 Å². The Morgan fingerprint density at radius 2 is 2.35 bits per heavy atom. The van der Waals surface area contributed by atoms with Crippen molar-refractivity contribution in [3.63, 3.8) is 0 Å². The first-order chi connectivity index (χ1) is 8.31. The van der Waals surface area contributed by atoms with E-state index in [9.17, 15) is 4.79 Å². The molecule has 0 atom stereocenters. The van der Waals surface area contributed by atoms with Gasteiger partial charge in [0.15, 0.2) is 0 Å². The zero-order valence-corrected chi connectivity index (χ0v) is 9.72. The summed E-state index contributed by atoms with van der Waals surface area (Å²) in [5, 5.41) is 0. The Labute approximate surface area is 100 Å². The Bertz CT molecular complexity index is 478. The largest absolute Gasteiger partial charge is 0.462 e. The normalized spacial score (nSPS) is 14.3. The highest BCUT2D eigenvalue weighted by Gasteiger charge is 2.09. The van der Waals surface area contributed by atoms with E-state index >= 15 is 0 Å². The van der Waals surface area contributed by atoms with Crippen LogP contribution in [-0.4, -0.2) is 30.3 Å². The number of carbonyl (C=O) groups excluding carboxylic acids is 1. The van der Waals surface area contributed by atoms with Gasteiger partial charge in [-0.15, -0.1) is 0 Å². The van der Waals surface area contributed by atoms with Crippen molar-refractivity contribution in [2.75, 3.05) is 13.2 Å². The fourth-order valence-corrected chi connectivity index (χ4v) is 1.63. The van der Waals surface area contributed by atoms with Crippen molar-refractivity contribution in [2.24, 2.45) is 4.99 Å². The second kappa shape index (κ2) is 5.39. The molecule has 0 saturated heterocycles. The van der Waals surface area contributed by atoms with Gasteiger partial charge in [0.1, 0.15) is 0 Å². The van der Waals surface area contributed by atoms with Crippen molar-refractivity contribution < 1.29 is 9.53 Å². The van der Waals surface area contributed by atoms with Crippen LogP contribution in [0.4, 0.5) is 0 Å². The van der Waals surface area contributed by atoms with Crippen LogP contribution >= 0.6 is 0 Å². The summed E-state index contributed by atoms with van der Waals surface area (Å²) in [6.07, 6.45) is 8.08. The van der Waals surface area contributed by atoms with Gasteiger partial charge in [-0.1, -0.05) is 6.08 Å². The number of rotatable bonds is 3. The molecule has 1 aromatic heterocycles. The Kier molecular flexibility index (Phi) is 3.65. The summed E-state index contributed by atoms with van der Waals surface area (Å²) in [6.45, 7) is 2.98. The maximum atomic E-state index is 11.6. The molecule has 4 heteroatoms. The van der Waals surface area contributed by atoms with E-state index in [2.05, 4.69) is 16.1 Å². The fraction of sp³-hybridized carbons (Fsp3) is 0.308. The number of dihydropyridines is 1. The van der Waals surface area contributed by atoms with E-state index in [0.29, 0.717) is 12.2 Å². The minimum atomic E-state index is -0.338. The lowest BCUT2D eigenvalue weighted by Crippen LogP contribution is -2.06. The third-order valence-corrected chi connectivity index (χ3v) is 2.44. The van der Waals surface area contributed by atoms with Gasteiger partial charge in [-0.3, -0.25) is 9.98 Å². The average Bonchev–Trinajstić information content (AvgIpc) is 2.40. The standard InChI is InChI=1S/C13H14N2O2/c1-2-17-13(16)12-6-11(8-15-9-12)10-4-3-5-14-7-10/h4,6-9H,2-3,5H2,1H3. The van der Waals surface area contributed by atoms with Crippen molar-refractivity contribution in [1.29, 1.82) is 0 Å². The van der Waals surface area contributed by atoms with E-state index in [1.165, 1.54) is 6.20 Å². The molecule has 2 heterocycles. The topological polar surface area (TPSA) is 51.5 Å². The third-order valence-electron chi connectivity index (χ3n) is 2.44. The number of carbonyl (C=O) groups is 1. The smallest absolute Gasteiger partial charge is 0.339 e. The molecule has 1 aliphatic heterocycles. The number of hydrogen-bond acceptors (Lipinski definition) is 4. The van der Waals surface area contributed by atoms with E-state index in [1.807, 2.05) is 6.21 Å². The SMILES string of the molecule is CCOC(=O)c1cncc(C2=CCCN=C2)c1. The molecule has 1 aromatic rings. The van der Waals surface area contributed by atoms with E-state index in [-0.39, 0.29) is 5.97 Å². The molecular formula is C13H14N2O2. The van der Waals surface area contributed by atoms with Gasteiger partial charge >= 0.3 is 5.97 Å². The summed E-state index contributed by atoms with van der Waals surface area (Å²) < 4.78 is 4.94. The second-order valence-corrected chi connectivity index (χ2v) is 3.67. The van der Waals surface area contributed by atoms with Gasteiger partial charge < -0.3 is 4.74 Å². The van der Waals surface area contributed by atoms with Crippen molar-refractivity contribution >= 4 is 17.8 Å². The number of hydrogen-bond donors (Lipinski definition) is 0. The molecule has 2 rings (SSSR count). The van der Waals surface area contributed by atoms with Gasteiger partial charge in [-0.25, -0.2) is 4.79 Å². The lowest BCUT2D eigenvalue weighted by Gasteiger charge is -2.07. The summed E-state index contributed by atoms with van der Waals surface area (Å²) in [6, 6.07) is 1.79. The number of allylic oxidation sites excluding steroid dienone is 1. The molecule has 88 valence electrons. The van der Waals surface area contributed by atoms with E-state index in [4.69, 9.17) is 4.74 Å². The molecule has 0 amide bonds. The van der Waals surface area contributed by atoms with Crippen molar-refractivity contribution in [3.8, 4) is 0 Å². The van der Waals surface area contributed by atoms with Crippen LogP contribution < -0.4 is 0 Å². The lowest BCUT2D eigenvalue weighted by atomic mass is 10.0. The maximum Gasteiger partial charge on any atom is 0.339 e. The predicted molar refractivity (Wildman–Crippen MR) is 66.1 cm³/mol. The van der Waals surface area contributed by atoms with Crippen LogP contribution in [0.2, 0.25) is 0 Å². The molecule has 17 heavy (non-hydrogen) atoms. The summed E-state index contributed by atoms with van der Waals surface area (Å²) in [5.41, 5.74) is 2.39. The summed E-state index contributed by atoms with van der Waals surface area (Å²) in [7, 11) is 0. The van der Waals surface area contributed by atoms with Crippen LogP contribution in [0.3, 0.4) is 0 Å². The molecule has 4 nitrogen and oxygen atoms in total. The van der Waals surface area contributed by atoms with Gasteiger partial charge in [-0.05, 0) is 25.0 Å². The van der Waals surface area contributed by atoms with E-state index in [1.54, 1.807) is 19.2 Å². The summed E-state index contributed by atoms with van der Waals surface area (Å²) in [4.78, 5) is 19.8. The fourth-order valence-electron chi connectivity index (χ4n) is 1.63. The molecule has 0 aromatic carbocycles. The van der Waals surface area contributed by atoms with E-state index in [0.717, 1.165) is 24.1 Å². The maximum absolute atomic E-state index is 11.6. The first kappa shape index (κ1) is 11.5. The van der Waals surface area contributed by atoms with Crippen LogP contribution in [0.1, 0.15) is 29.3 Å². The second-order valence-electron chi connectivity index (χ2n) is 3.67. The highest BCUT2D eigenvalue weighted by molar-refractivity contribution is 6.10. The number of esters is 1. The molecule has 0 aliphatic carbocycles. The molecular weight excluding hydrogens is 216 g/mol. The van der Waals surface area contributed by atoms with Crippen LogP contribution in [0.5, 0.6) is 0 Å². The molecule has 0 bridgehead atoms. The quantitative estimate of drug-likeness (QED) is 0.747. The molecule has 0 radical (unpaired) electrons. The highest BCUT2D eigenvalue weighted by Crippen LogP contribution is 2.16. The van der Waals surface area contributed by atoms with E-state index < -0.39 is 0 Å². The van der Waals surface area contributed by atoms with Gasteiger partial charge in [0, 0.05) is 30.7 Å². The summed E-state index contributed by atoms with van der Waals surface area (Å²) >= 11 is 0. The average molecular weight is 230 g/mol. The van der Waals surface area contributed by atoms with Gasteiger partial charge in [-0.2, -0.15) is 0 Å². The molecule has 0 unspecified atom stereocenters. The monoisotopic (exact) mass is 230 g/mol. The zero-order valence-electron chi connectivity index (χ0n) is 9.72. The van der Waals surface area contributed by atoms with Crippen molar-refractivity contribution in [3.05, 3.63) is 35.7 Å². The lowest BCUT2D eigenvalue weighted by molar-refractivity contribution is 0.0526. The molecule has 0 fully saturated rings. The Hall–Kier alpha value is -1.97. The summed E-state index contributed by atoms with van der Waals surface area (Å²) in [5.74, 6) is -0.338.